The first-order chi connectivity index (χ1) is 15.2. The zero-order valence-corrected chi connectivity index (χ0v) is 20.0. The minimum atomic E-state index is -0.206. The highest BCUT2D eigenvalue weighted by Gasteiger charge is 2.24. The molecule has 1 fully saturated rings. The summed E-state index contributed by atoms with van der Waals surface area (Å²) in [7, 11) is 0. The highest BCUT2D eigenvalue weighted by Crippen LogP contribution is 2.30. The molecule has 32 heavy (non-hydrogen) atoms. The predicted molar refractivity (Wildman–Crippen MR) is 133 cm³/mol. The molecule has 170 valence electrons. The van der Waals surface area contributed by atoms with Gasteiger partial charge < -0.3 is 15.1 Å². The minimum absolute atomic E-state index is 0.0153. The third kappa shape index (κ3) is 6.13. The van der Waals surface area contributed by atoms with Gasteiger partial charge in [-0.15, -0.1) is 0 Å². The fourth-order valence-electron chi connectivity index (χ4n) is 3.72. The Bertz CT molecular complexity index is 975. The van der Waals surface area contributed by atoms with Crippen molar-refractivity contribution in [1.82, 2.24) is 4.90 Å². The Morgan fingerprint density at radius 3 is 2.19 bits per heavy atom. The van der Waals surface area contributed by atoms with Gasteiger partial charge in [-0.05, 0) is 41.3 Å². The molecule has 1 aliphatic rings. The second-order valence-electron chi connectivity index (χ2n) is 8.78. The second-order valence-corrected chi connectivity index (χ2v) is 9.18. The van der Waals surface area contributed by atoms with Crippen LogP contribution in [-0.2, 0) is 9.59 Å². The fraction of sp³-hybridized carbons (Fsp3) is 0.385. The maximum Gasteiger partial charge on any atom is 0.248 e. The number of carbonyl (C=O) groups is 2. The van der Waals surface area contributed by atoms with Crippen LogP contribution in [0.1, 0.15) is 44.7 Å². The van der Waals surface area contributed by atoms with Gasteiger partial charge in [0.1, 0.15) is 0 Å². The van der Waals surface area contributed by atoms with Crippen molar-refractivity contribution in [2.45, 2.75) is 33.6 Å². The van der Waals surface area contributed by atoms with E-state index in [0.717, 1.165) is 24.3 Å². The lowest BCUT2D eigenvalue weighted by molar-refractivity contribution is -0.134. The average Bonchev–Trinajstić information content (AvgIpc) is 2.77. The van der Waals surface area contributed by atoms with Crippen LogP contribution in [0.5, 0.6) is 0 Å². The lowest BCUT2D eigenvalue weighted by Gasteiger charge is -2.37. The van der Waals surface area contributed by atoms with Crippen LogP contribution in [0.25, 0.3) is 6.08 Å². The molecule has 5 nitrogen and oxygen atoms in total. The fourth-order valence-corrected chi connectivity index (χ4v) is 4.02. The van der Waals surface area contributed by atoms with Crippen molar-refractivity contribution < 1.29 is 9.59 Å². The third-order valence-corrected chi connectivity index (χ3v) is 5.97. The standard InChI is InChI=1S/C26H32ClN3O2/c1-18(2)21-8-5-20(6-9-21)7-12-25(31)28-22-10-11-24(23(27)17-22)29-13-15-30(16-14-29)26(32)19(3)4/h5-12,17-19H,13-16H2,1-4H3,(H,28,31)/b12-7+. The molecule has 0 spiro atoms. The van der Waals surface area contributed by atoms with Crippen LogP contribution in [0.2, 0.25) is 5.02 Å². The number of benzene rings is 2. The highest BCUT2D eigenvalue weighted by atomic mass is 35.5. The second kappa shape index (κ2) is 10.7. The summed E-state index contributed by atoms with van der Waals surface area (Å²) in [5.74, 6) is 0.484. The van der Waals surface area contributed by atoms with Crippen LogP contribution in [0, 0.1) is 5.92 Å². The Morgan fingerprint density at radius 1 is 0.969 bits per heavy atom. The van der Waals surface area contributed by atoms with E-state index in [1.165, 1.54) is 11.6 Å². The van der Waals surface area contributed by atoms with Gasteiger partial charge in [0.2, 0.25) is 11.8 Å². The van der Waals surface area contributed by atoms with Crippen LogP contribution < -0.4 is 10.2 Å². The van der Waals surface area contributed by atoms with Crippen molar-refractivity contribution >= 4 is 40.9 Å². The lowest BCUT2D eigenvalue weighted by Crippen LogP contribution is -2.50. The molecular formula is C26H32ClN3O2. The molecule has 0 aliphatic carbocycles. The Labute approximate surface area is 196 Å². The topological polar surface area (TPSA) is 52.7 Å². The summed E-state index contributed by atoms with van der Waals surface area (Å²) in [6, 6.07) is 13.7. The predicted octanol–water partition coefficient (Wildman–Crippen LogP) is 5.42. The van der Waals surface area contributed by atoms with Crippen LogP contribution in [0.4, 0.5) is 11.4 Å². The quantitative estimate of drug-likeness (QED) is 0.594. The molecule has 0 unspecified atom stereocenters. The van der Waals surface area contributed by atoms with Crippen LogP contribution in [0.3, 0.4) is 0 Å². The normalized spacial score (nSPS) is 14.5. The molecule has 1 aliphatic heterocycles. The summed E-state index contributed by atoms with van der Waals surface area (Å²) in [6.45, 7) is 11.0. The number of amides is 2. The molecular weight excluding hydrogens is 422 g/mol. The summed E-state index contributed by atoms with van der Waals surface area (Å²) < 4.78 is 0. The number of hydrogen-bond donors (Lipinski definition) is 1. The maximum atomic E-state index is 12.3. The van der Waals surface area contributed by atoms with Gasteiger partial charge >= 0.3 is 0 Å². The van der Waals surface area contributed by atoms with Gasteiger partial charge in [0.05, 0.1) is 10.7 Å². The first-order valence-corrected chi connectivity index (χ1v) is 11.5. The number of hydrogen-bond acceptors (Lipinski definition) is 3. The summed E-state index contributed by atoms with van der Waals surface area (Å²) in [6.07, 6.45) is 3.32. The van der Waals surface area contributed by atoms with Gasteiger partial charge in [-0.1, -0.05) is 63.6 Å². The molecule has 2 aromatic rings. The molecule has 6 heteroatoms. The Hall–Kier alpha value is -2.79. The number of nitrogens with zero attached hydrogens (tertiary/aromatic N) is 2. The van der Waals surface area contributed by atoms with E-state index in [-0.39, 0.29) is 17.7 Å². The van der Waals surface area contributed by atoms with E-state index in [1.54, 1.807) is 12.1 Å². The summed E-state index contributed by atoms with van der Waals surface area (Å²) in [4.78, 5) is 28.6. The zero-order chi connectivity index (χ0) is 23.3. The lowest BCUT2D eigenvalue weighted by atomic mass is 10.0. The van der Waals surface area contributed by atoms with Crippen molar-refractivity contribution in [2.24, 2.45) is 5.92 Å². The molecule has 1 N–H and O–H groups in total. The monoisotopic (exact) mass is 453 g/mol. The molecule has 2 amide bonds. The summed E-state index contributed by atoms with van der Waals surface area (Å²) >= 11 is 6.52. The van der Waals surface area contributed by atoms with E-state index in [0.29, 0.717) is 29.7 Å². The van der Waals surface area contributed by atoms with E-state index >= 15 is 0 Å². The number of piperazine rings is 1. The van der Waals surface area contributed by atoms with E-state index in [9.17, 15) is 9.59 Å². The number of carbonyl (C=O) groups excluding carboxylic acids is 2. The third-order valence-electron chi connectivity index (χ3n) is 5.67. The van der Waals surface area contributed by atoms with Gasteiger partial charge in [0.25, 0.3) is 0 Å². The van der Waals surface area contributed by atoms with Gasteiger partial charge in [-0.3, -0.25) is 9.59 Å². The van der Waals surface area contributed by atoms with Crippen molar-refractivity contribution in [3.63, 3.8) is 0 Å². The molecule has 1 saturated heterocycles. The SMILES string of the molecule is CC(C)C(=O)N1CCN(c2ccc(NC(=O)/C=C/c3ccc(C(C)C)cc3)cc2Cl)CC1. The van der Waals surface area contributed by atoms with Gasteiger partial charge in [0, 0.05) is 43.9 Å². The van der Waals surface area contributed by atoms with Gasteiger partial charge in [-0.2, -0.15) is 0 Å². The van der Waals surface area contributed by atoms with Crippen molar-refractivity contribution in [2.75, 3.05) is 36.4 Å². The molecule has 0 saturated carbocycles. The molecule has 1 heterocycles. The number of rotatable bonds is 6. The first-order valence-electron chi connectivity index (χ1n) is 11.2. The molecule has 0 aromatic heterocycles. The minimum Gasteiger partial charge on any atom is -0.367 e. The highest BCUT2D eigenvalue weighted by molar-refractivity contribution is 6.33. The van der Waals surface area contributed by atoms with Crippen molar-refractivity contribution in [3.8, 4) is 0 Å². The molecule has 0 atom stereocenters. The molecule has 0 bridgehead atoms. The van der Waals surface area contributed by atoms with Crippen LogP contribution in [0.15, 0.2) is 48.5 Å². The van der Waals surface area contributed by atoms with Gasteiger partial charge in [0.15, 0.2) is 0 Å². The zero-order valence-electron chi connectivity index (χ0n) is 19.3. The Morgan fingerprint density at radius 2 is 1.62 bits per heavy atom. The number of nitrogens with one attached hydrogen (secondary N) is 1. The first kappa shape index (κ1) is 23.9. The van der Waals surface area contributed by atoms with E-state index in [1.807, 2.05) is 43.0 Å². The molecule has 0 radical (unpaired) electrons. The van der Waals surface area contributed by atoms with Gasteiger partial charge in [-0.25, -0.2) is 0 Å². The average molecular weight is 454 g/mol. The maximum absolute atomic E-state index is 12.3. The Balaban J connectivity index is 1.57. The van der Waals surface area contributed by atoms with Crippen LogP contribution in [-0.4, -0.2) is 42.9 Å². The van der Waals surface area contributed by atoms with E-state index < -0.39 is 0 Å². The van der Waals surface area contributed by atoms with Crippen molar-refractivity contribution in [1.29, 1.82) is 0 Å². The van der Waals surface area contributed by atoms with E-state index in [2.05, 4.69) is 36.2 Å². The number of halogens is 1. The largest absolute Gasteiger partial charge is 0.367 e. The molecule has 3 rings (SSSR count). The Kier molecular flexibility index (Phi) is 7.97. The molecule has 2 aromatic carbocycles. The summed E-state index contributed by atoms with van der Waals surface area (Å²) in [5.41, 5.74) is 3.82. The van der Waals surface area contributed by atoms with Crippen molar-refractivity contribution in [3.05, 3.63) is 64.7 Å². The van der Waals surface area contributed by atoms with Crippen LogP contribution >= 0.6 is 11.6 Å². The smallest absolute Gasteiger partial charge is 0.248 e. The van der Waals surface area contributed by atoms with E-state index in [4.69, 9.17) is 11.6 Å². The number of anilines is 2. The summed E-state index contributed by atoms with van der Waals surface area (Å²) in [5, 5.41) is 3.45.